The summed E-state index contributed by atoms with van der Waals surface area (Å²) in [5.41, 5.74) is 1.03. The lowest BCUT2D eigenvalue weighted by atomic mass is 10.2. The Morgan fingerprint density at radius 3 is 2.44 bits per heavy atom. The van der Waals surface area contributed by atoms with Crippen molar-refractivity contribution in [2.45, 2.75) is 6.54 Å². The van der Waals surface area contributed by atoms with E-state index in [-0.39, 0.29) is 10.8 Å². The summed E-state index contributed by atoms with van der Waals surface area (Å²) in [6.07, 6.45) is 1.43. The molecule has 2 nitrogen and oxygen atoms in total. The maximum atomic E-state index is 13.7. The molecule has 2 rings (SSSR count). The molecule has 5 heteroatoms. The molecular weight excluding hydrogens is 274 g/mol. The molecule has 1 heterocycles. The van der Waals surface area contributed by atoms with E-state index in [2.05, 4.69) is 4.98 Å². The van der Waals surface area contributed by atoms with Crippen molar-refractivity contribution in [3.63, 3.8) is 0 Å². The fraction of sp³-hybridized carbons (Fsp3) is 0.154. The fourth-order valence-corrected chi connectivity index (χ4v) is 1.90. The Bertz CT molecular complexity index is 543. The molecule has 0 unspecified atom stereocenters. The van der Waals surface area contributed by atoms with Crippen molar-refractivity contribution in [1.29, 1.82) is 0 Å². The Hall–Kier alpha value is -1.32. The Labute approximate surface area is 115 Å². The quantitative estimate of drug-likeness (QED) is 0.841. The van der Waals surface area contributed by atoms with E-state index in [9.17, 15) is 4.39 Å². The molecule has 0 saturated heterocycles. The Morgan fingerprint density at radius 2 is 1.83 bits per heavy atom. The van der Waals surface area contributed by atoms with Gasteiger partial charge in [-0.3, -0.25) is 0 Å². The summed E-state index contributed by atoms with van der Waals surface area (Å²) in [5.74, 6) is -0.159. The van der Waals surface area contributed by atoms with Crippen molar-refractivity contribution < 1.29 is 4.39 Å². The maximum absolute atomic E-state index is 13.7. The summed E-state index contributed by atoms with van der Waals surface area (Å²) >= 11 is 11.5. The Kier molecular flexibility index (Phi) is 4.04. The second-order valence-corrected chi connectivity index (χ2v) is 4.81. The van der Waals surface area contributed by atoms with Crippen LogP contribution in [0.4, 0.5) is 10.2 Å². The van der Waals surface area contributed by atoms with Crippen LogP contribution < -0.4 is 4.90 Å². The monoisotopic (exact) mass is 284 g/mol. The van der Waals surface area contributed by atoms with Crippen LogP contribution in [-0.2, 0) is 6.54 Å². The number of hydrogen-bond acceptors (Lipinski definition) is 2. The summed E-state index contributed by atoms with van der Waals surface area (Å²) in [6.45, 7) is 0.544. The summed E-state index contributed by atoms with van der Waals surface area (Å²) in [4.78, 5) is 5.70. The molecule has 0 bridgehead atoms. The largest absolute Gasteiger partial charge is 0.353 e. The molecule has 0 saturated carbocycles. The topological polar surface area (TPSA) is 16.1 Å². The van der Waals surface area contributed by atoms with E-state index in [1.54, 1.807) is 24.1 Å². The van der Waals surface area contributed by atoms with Crippen LogP contribution in [0.25, 0.3) is 0 Å². The smallest absolute Gasteiger partial charge is 0.167 e. The summed E-state index contributed by atoms with van der Waals surface area (Å²) < 4.78 is 13.7. The van der Waals surface area contributed by atoms with Gasteiger partial charge in [0.25, 0.3) is 0 Å². The van der Waals surface area contributed by atoms with Gasteiger partial charge in [0.05, 0.1) is 5.02 Å². The first-order chi connectivity index (χ1) is 8.56. The lowest BCUT2D eigenvalue weighted by Crippen LogP contribution is -2.19. The van der Waals surface area contributed by atoms with Gasteiger partial charge in [0.2, 0.25) is 0 Å². The van der Waals surface area contributed by atoms with Crippen LogP contribution in [-0.4, -0.2) is 12.0 Å². The summed E-state index contributed by atoms with van der Waals surface area (Å²) in [5, 5.41) is 0.966. The van der Waals surface area contributed by atoms with Gasteiger partial charge in [-0.25, -0.2) is 9.37 Å². The molecule has 0 spiro atoms. The number of anilines is 1. The average Bonchev–Trinajstić information content (AvgIpc) is 2.32. The fourth-order valence-electron chi connectivity index (χ4n) is 1.63. The Balaban J connectivity index is 2.16. The predicted octanol–water partition coefficient (Wildman–Crippen LogP) is 4.16. The SMILES string of the molecule is CN(Cc1ccc(Cl)cc1)c1ncc(Cl)cc1F. The summed E-state index contributed by atoms with van der Waals surface area (Å²) in [6, 6.07) is 8.65. The third-order valence-corrected chi connectivity index (χ3v) is 2.94. The highest BCUT2D eigenvalue weighted by molar-refractivity contribution is 6.30. The normalized spacial score (nSPS) is 10.4. The van der Waals surface area contributed by atoms with Crippen LogP contribution >= 0.6 is 23.2 Å². The van der Waals surface area contributed by atoms with E-state index in [1.807, 2.05) is 12.1 Å². The van der Waals surface area contributed by atoms with Crippen LogP contribution in [0.2, 0.25) is 10.0 Å². The van der Waals surface area contributed by atoms with Gasteiger partial charge in [-0.1, -0.05) is 35.3 Å². The van der Waals surface area contributed by atoms with E-state index in [0.29, 0.717) is 11.6 Å². The number of nitrogens with zero attached hydrogens (tertiary/aromatic N) is 2. The molecule has 0 atom stereocenters. The predicted molar refractivity (Wildman–Crippen MR) is 72.8 cm³/mol. The van der Waals surface area contributed by atoms with Crippen LogP contribution in [0, 0.1) is 5.82 Å². The number of pyridine rings is 1. The molecule has 1 aromatic carbocycles. The molecule has 2 aromatic rings. The highest BCUT2D eigenvalue weighted by Crippen LogP contribution is 2.20. The van der Waals surface area contributed by atoms with E-state index < -0.39 is 5.82 Å². The average molecular weight is 285 g/mol. The standard InChI is InChI=1S/C13H11Cl2FN2/c1-18(8-9-2-4-10(14)5-3-9)13-12(16)6-11(15)7-17-13/h2-7H,8H2,1H3. The van der Waals surface area contributed by atoms with Gasteiger partial charge >= 0.3 is 0 Å². The van der Waals surface area contributed by atoms with E-state index in [0.717, 1.165) is 5.56 Å². The third kappa shape index (κ3) is 3.12. The lowest BCUT2D eigenvalue weighted by molar-refractivity contribution is 0.615. The van der Waals surface area contributed by atoms with Crippen molar-refractivity contribution in [2.75, 3.05) is 11.9 Å². The Morgan fingerprint density at radius 1 is 1.17 bits per heavy atom. The second-order valence-electron chi connectivity index (χ2n) is 3.94. The first kappa shape index (κ1) is 13.1. The minimum Gasteiger partial charge on any atom is -0.353 e. The molecule has 0 aliphatic heterocycles. The lowest BCUT2D eigenvalue weighted by Gasteiger charge is -2.18. The van der Waals surface area contributed by atoms with Gasteiger partial charge in [0.15, 0.2) is 11.6 Å². The zero-order valence-electron chi connectivity index (χ0n) is 9.70. The van der Waals surface area contributed by atoms with Gasteiger partial charge < -0.3 is 4.90 Å². The molecule has 0 aliphatic carbocycles. The molecule has 0 radical (unpaired) electrons. The second kappa shape index (κ2) is 5.55. The van der Waals surface area contributed by atoms with Gasteiger partial charge in [-0.15, -0.1) is 0 Å². The van der Waals surface area contributed by atoms with Crippen LogP contribution in [0.1, 0.15) is 5.56 Å². The van der Waals surface area contributed by atoms with Crippen molar-refractivity contribution in [2.24, 2.45) is 0 Å². The van der Waals surface area contributed by atoms with Crippen molar-refractivity contribution in [1.82, 2.24) is 4.98 Å². The molecule has 0 fully saturated rings. The van der Waals surface area contributed by atoms with Gasteiger partial charge in [0, 0.05) is 24.8 Å². The molecule has 0 N–H and O–H groups in total. The van der Waals surface area contributed by atoms with Crippen molar-refractivity contribution in [3.8, 4) is 0 Å². The minimum absolute atomic E-state index is 0.273. The van der Waals surface area contributed by atoms with Crippen LogP contribution in [0.3, 0.4) is 0 Å². The molecule has 1 aromatic heterocycles. The van der Waals surface area contributed by atoms with Crippen LogP contribution in [0.5, 0.6) is 0 Å². The van der Waals surface area contributed by atoms with Crippen molar-refractivity contribution >= 4 is 29.0 Å². The molecule has 0 aliphatic rings. The number of halogens is 3. The van der Waals surface area contributed by atoms with Gasteiger partial charge in [-0.2, -0.15) is 0 Å². The van der Waals surface area contributed by atoms with E-state index >= 15 is 0 Å². The third-order valence-electron chi connectivity index (χ3n) is 2.48. The van der Waals surface area contributed by atoms with Crippen LogP contribution in [0.15, 0.2) is 36.5 Å². The zero-order valence-corrected chi connectivity index (χ0v) is 11.2. The molecule has 18 heavy (non-hydrogen) atoms. The maximum Gasteiger partial charge on any atom is 0.167 e. The van der Waals surface area contributed by atoms with Crippen molar-refractivity contribution in [3.05, 3.63) is 58.0 Å². The van der Waals surface area contributed by atoms with E-state index in [1.165, 1.54) is 12.3 Å². The minimum atomic E-state index is -0.432. The highest BCUT2D eigenvalue weighted by atomic mass is 35.5. The molecular formula is C13H11Cl2FN2. The summed E-state index contributed by atoms with van der Waals surface area (Å²) in [7, 11) is 1.77. The van der Waals surface area contributed by atoms with E-state index in [4.69, 9.17) is 23.2 Å². The first-order valence-electron chi connectivity index (χ1n) is 5.33. The number of aromatic nitrogens is 1. The highest BCUT2D eigenvalue weighted by Gasteiger charge is 2.10. The first-order valence-corrected chi connectivity index (χ1v) is 6.08. The van der Waals surface area contributed by atoms with Gasteiger partial charge in [-0.05, 0) is 23.8 Å². The molecule has 0 amide bonds. The number of hydrogen-bond donors (Lipinski definition) is 0. The van der Waals surface area contributed by atoms with Gasteiger partial charge in [0.1, 0.15) is 0 Å². The number of benzene rings is 1. The zero-order chi connectivity index (χ0) is 13.1. The number of rotatable bonds is 3. The molecule has 94 valence electrons.